The van der Waals surface area contributed by atoms with Crippen LogP contribution in [0, 0.1) is 5.92 Å². The Bertz CT molecular complexity index is 478. The minimum absolute atomic E-state index is 0.109. The third-order valence-electron chi connectivity index (χ3n) is 3.38. The Balaban J connectivity index is 2.38. The lowest BCUT2D eigenvalue weighted by Gasteiger charge is -2.23. The first kappa shape index (κ1) is 12.8. The molecule has 0 aliphatic carbocycles. The van der Waals surface area contributed by atoms with Gasteiger partial charge in [-0.05, 0) is 24.1 Å². The minimum Gasteiger partial charge on any atom is -0.271 e. The second-order valence-corrected chi connectivity index (χ2v) is 4.53. The topological polar surface area (TPSA) is 55.9 Å². The molecule has 2 aromatic rings. The lowest BCUT2D eigenvalue weighted by atomic mass is 9.97. The standard InChI is InChI=1S/C14H20N4/c1-3-11(2)14(17-15)13-9-10-16-18(13)12-7-5-4-6-8-12/h4-11,14,17H,3,15H2,1-2H3. The Labute approximate surface area is 108 Å². The molecule has 0 saturated heterocycles. The smallest absolute Gasteiger partial charge is 0.0659 e. The molecule has 2 unspecified atom stereocenters. The molecule has 0 spiro atoms. The van der Waals surface area contributed by atoms with Crippen LogP contribution < -0.4 is 11.3 Å². The van der Waals surface area contributed by atoms with Crippen molar-refractivity contribution in [2.45, 2.75) is 26.3 Å². The highest BCUT2D eigenvalue weighted by Gasteiger charge is 2.20. The normalized spacial score (nSPS) is 14.4. The summed E-state index contributed by atoms with van der Waals surface area (Å²) in [6.45, 7) is 4.35. The summed E-state index contributed by atoms with van der Waals surface area (Å²) in [6.07, 6.45) is 2.88. The highest BCUT2D eigenvalue weighted by Crippen LogP contribution is 2.25. The van der Waals surface area contributed by atoms with Crippen LogP contribution in [0.15, 0.2) is 42.6 Å². The minimum atomic E-state index is 0.109. The number of para-hydroxylation sites is 1. The molecule has 4 nitrogen and oxygen atoms in total. The fourth-order valence-corrected chi connectivity index (χ4v) is 2.11. The molecule has 96 valence electrons. The monoisotopic (exact) mass is 244 g/mol. The Kier molecular flexibility index (Phi) is 4.12. The molecule has 2 atom stereocenters. The summed E-state index contributed by atoms with van der Waals surface area (Å²) in [5, 5.41) is 4.39. The van der Waals surface area contributed by atoms with Gasteiger partial charge in [0.1, 0.15) is 0 Å². The van der Waals surface area contributed by atoms with Gasteiger partial charge in [-0.1, -0.05) is 38.5 Å². The van der Waals surface area contributed by atoms with E-state index < -0.39 is 0 Å². The largest absolute Gasteiger partial charge is 0.271 e. The maximum Gasteiger partial charge on any atom is 0.0659 e. The van der Waals surface area contributed by atoms with Gasteiger partial charge in [-0.25, -0.2) is 4.68 Å². The second kappa shape index (κ2) is 5.80. The molecule has 4 heteroatoms. The third-order valence-corrected chi connectivity index (χ3v) is 3.38. The molecule has 1 heterocycles. The highest BCUT2D eigenvalue weighted by molar-refractivity contribution is 5.33. The lowest BCUT2D eigenvalue weighted by molar-refractivity contribution is 0.369. The predicted molar refractivity (Wildman–Crippen MR) is 73.1 cm³/mol. The van der Waals surface area contributed by atoms with Crippen LogP contribution >= 0.6 is 0 Å². The maximum absolute atomic E-state index is 5.70. The SMILES string of the molecule is CCC(C)C(NN)c1ccnn1-c1ccccc1. The number of nitrogens with zero attached hydrogens (tertiary/aromatic N) is 2. The molecule has 0 aliphatic heterocycles. The first-order chi connectivity index (χ1) is 8.77. The summed E-state index contributed by atoms with van der Waals surface area (Å²) < 4.78 is 1.94. The molecular weight excluding hydrogens is 224 g/mol. The van der Waals surface area contributed by atoms with Gasteiger partial charge in [-0.2, -0.15) is 5.10 Å². The number of rotatable bonds is 5. The fraction of sp³-hybridized carbons (Fsp3) is 0.357. The van der Waals surface area contributed by atoms with Crippen LogP contribution in [-0.4, -0.2) is 9.78 Å². The summed E-state index contributed by atoms with van der Waals surface area (Å²) >= 11 is 0. The number of hydrogen-bond acceptors (Lipinski definition) is 3. The average molecular weight is 244 g/mol. The van der Waals surface area contributed by atoms with E-state index in [1.165, 1.54) is 0 Å². The number of aromatic nitrogens is 2. The van der Waals surface area contributed by atoms with Gasteiger partial charge >= 0.3 is 0 Å². The molecule has 0 saturated carbocycles. The van der Waals surface area contributed by atoms with Gasteiger partial charge in [-0.15, -0.1) is 0 Å². The van der Waals surface area contributed by atoms with Crippen molar-refractivity contribution in [1.29, 1.82) is 0 Å². The number of nitrogens with two attached hydrogens (primary N) is 1. The van der Waals surface area contributed by atoms with E-state index >= 15 is 0 Å². The summed E-state index contributed by atoms with van der Waals surface area (Å²) in [5.74, 6) is 6.15. The van der Waals surface area contributed by atoms with Crippen molar-refractivity contribution >= 4 is 0 Å². The second-order valence-electron chi connectivity index (χ2n) is 4.53. The van der Waals surface area contributed by atoms with Crippen molar-refractivity contribution < 1.29 is 0 Å². The first-order valence-electron chi connectivity index (χ1n) is 6.33. The van der Waals surface area contributed by atoms with Gasteiger partial charge in [0.15, 0.2) is 0 Å². The van der Waals surface area contributed by atoms with E-state index in [1.54, 1.807) is 0 Å². The van der Waals surface area contributed by atoms with Gasteiger partial charge < -0.3 is 0 Å². The Morgan fingerprint density at radius 2 is 2.00 bits per heavy atom. The van der Waals surface area contributed by atoms with E-state index in [4.69, 9.17) is 5.84 Å². The van der Waals surface area contributed by atoms with Gasteiger partial charge in [0, 0.05) is 6.20 Å². The van der Waals surface area contributed by atoms with Crippen LogP contribution in [-0.2, 0) is 0 Å². The summed E-state index contributed by atoms with van der Waals surface area (Å²) in [5.41, 5.74) is 5.06. The predicted octanol–water partition coefficient (Wildman–Crippen LogP) is 2.42. The van der Waals surface area contributed by atoms with Gasteiger partial charge in [0.05, 0.1) is 17.4 Å². The van der Waals surface area contributed by atoms with Gasteiger partial charge in [-0.3, -0.25) is 11.3 Å². The zero-order valence-corrected chi connectivity index (χ0v) is 10.9. The number of hydrogen-bond donors (Lipinski definition) is 2. The summed E-state index contributed by atoms with van der Waals surface area (Å²) in [7, 11) is 0. The molecule has 18 heavy (non-hydrogen) atoms. The Morgan fingerprint density at radius 3 is 2.61 bits per heavy atom. The molecule has 0 radical (unpaired) electrons. The van der Waals surface area contributed by atoms with Crippen LogP contribution in [0.2, 0.25) is 0 Å². The molecular formula is C14H20N4. The van der Waals surface area contributed by atoms with Gasteiger partial charge in [0.25, 0.3) is 0 Å². The van der Waals surface area contributed by atoms with E-state index in [2.05, 4.69) is 24.4 Å². The molecule has 3 N–H and O–H groups in total. The van der Waals surface area contributed by atoms with E-state index in [1.807, 2.05) is 47.3 Å². The summed E-state index contributed by atoms with van der Waals surface area (Å²) in [4.78, 5) is 0. The van der Waals surface area contributed by atoms with Crippen LogP contribution in [0.4, 0.5) is 0 Å². The fourth-order valence-electron chi connectivity index (χ4n) is 2.11. The molecule has 0 fully saturated rings. The third kappa shape index (κ3) is 2.44. The van der Waals surface area contributed by atoms with Crippen LogP contribution in [0.3, 0.4) is 0 Å². The summed E-state index contributed by atoms with van der Waals surface area (Å²) in [6, 6.07) is 12.2. The van der Waals surface area contributed by atoms with Crippen molar-refractivity contribution in [1.82, 2.24) is 15.2 Å². The molecule has 0 bridgehead atoms. The van der Waals surface area contributed by atoms with Crippen molar-refractivity contribution in [2.24, 2.45) is 11.8 Å². The maximum atomic E-state index is 5.70. The zero-order valence-electron chi connectivity index (χ0n) is 10.9. The van der Waals surface area contributed by atoms with Gasteiger partial charge in [0.2, 0.25) is 0 Å². The molecule has 1 aromatic carbocycles. The Hall–Kier alpha value is -1.65. The van der Waals surface area contributed by atoms with E-state index in [9.17, 15) is 0 Å². The average Bonchev–Trinajstić information content (AvgIpc) is 2.89. The lowest BCUT2D eigenvalue weighted by Crippen LogP contribution is -2.33. The first-order valence-corrected chi connectivity index (χ1v) is 6.33. The molecule has 0 aliphatic rings. The van der Waals surface area contributed by atoms with Crippen molar-refractivity contribution in [3.05, 3.63) is 48.3 Å². The zero-order chi connectivity index (χ0) is 13.0. The van der Waals surface area contributed by atoms with E-state index in [0.29, 0.717) is 5.92 Å². The highest BCUT2D eigenvalue weighted by atomic mass is 15.3. The number of benzene rings is 1. The molecule has 2 rings (SSSR count). The van der Waals surface area contributed by atoms with Crippen molar-refractivity contribution in [3.63, 3.8) is 0 Å². The van der Waals surface area contributed by atoms with Crippen LogP contribution in [0.5, 0.6) is 0 Å². The van der Waals surface area contributed by atoms with Crippen molar-refractivity contribution in [2.75, 3.05) is 0 Å². The van der Waals surface area contributed by atoms with Crippen molar-refractivity contribution in [3.8, 4) is 5.69 Å². The van der Waals surface area contributed by atoms with E-state index in [0.717, 1.165) is 17.8 Å². The Morgan fingerprint density at radius 1 is 1.28 bits per heavy atom. The number of nitrogens with one attached hydrogen (secondary N) is 1. The molecule has 1 aromatic heterocycles. The van der Waals surface area contributed by atoms with Crippen LogP contribution in [0.1, 0.15) is 32.0 Å². The van der Waals surface area contributed by atoms with Crippen LogP contribution in [0.25, 0.3) is 5.69 Å². The molecule has 0 amide bonds. The quantitative estimate of drug-likeness (QED) is 0.627. The van der Waals surface area contributed by atoms with E-state index in [-0.39, 0.29) is 6.04 Å². The number of hydrazine groups is 1.